The topological polar surface area (TPSA) is 49.4 Å². The molecule has 2 amide bonds. The highest BCUT2D eigenvalue weighted by molar-refractivity contribution is 14.1. The maximum atomic E-state index is 13.5. The van der Waals surface area contributed by atoms with Gasteiger partial charge >= 0.3 is 0 Å². The number of halogens is 2. The smallest absolute Gasteiger partial charge is 0.256 e. The van der Waals surface area contributed by atoms with Crippen LogP contribution in [0, 0.1) is 3.57 Å². The molecule has 0 aromatic heterocycles. The molecule has 1 heterocycles. The van der Waals surface area contributed by atoms with Crippen molar-refractivity contribution in [2.24, 2.45) is 0 Å². The van der Waals surface area contributed by atoms with E-state index in [4.69, 9.17) is 0 Å². The average Bonchev–Trinajstić information content (AvgIpc) is 2.84. The van der Waals surface area contributed by atoms with Crippen LogP contribution in [0.25, 0.3) is 0 Å². The van der Waals surface area contributed by atoms with Gasteiger partial charge in [0.05, 0.1) is 11.6 Å². The molecule has 1 unspecified atom stereocenters. The van der Waals surface area contributed by atoms with E-state index < -0.39 is 0 Å². The summed E-state index contributed by atoms with van der Waals surface area (Å²) in [6.45, 7) is -0.0182. The van der Waals surface area contributed by atoms with Gasteiger partial charge in [0.2, 0.25) is 5.91 Å². The minimum atomic E-state index is -0.379. The van der Waals surface area contributed by atoms with Crippen molar-refractivity contribution < 1.29 is 9.59 Å². The number of carbonyl (C=O) groups is 2. The lowest BCUT2D eigenvalue weighted by Gasteiger charge is -2.31. The number of anilines is 1. The van der Waals surface area contributed by atoms with Gasteiger partial charge in [0, 0.05) is 19.3 Å². The van der Waals surface area contributed by atoms with Crippen molar-refractivity contribution in [2.75, 3.05) is 11.9 Å². The molecule has 0 fully saturated rings. The molecule has 1 aliphatic rings. The zero-order chi connectivity index (χ0) is 19.7. The Morgan fingerprint density at radius 2 is 1.75 bits per heavy atom. The van der Waals surface area contributed by atoms with E-state index in [1.54, 1.807) is 11.0 Å². The van der Waals surface area contributed by atoms with E-state index in [9.17, 15) is 9.59 Å². The van der Waals surface area contributed by atoms with E-state index in [2.05, 4.69) is 43.8 Å². The molecule has 3 aromatic rings. The van der Waals surface area contributed by atoms with E-state index in [0.717, 1.165) is 24.9 Å². The number of nitrogens with zero attached hydrogens (tertiary/aromatic N) is 1. The fourth-order valence-electron chi connectivity index (χ4n) is 3.45. The number of amides is 2. The number of rotatable bonds is 2. The van der Waals surface area contributed by atoms with Crippen LogP contribution < -0.4 is 5.32 Å². The van der Waals surface area contributed by atoms with E-state index in [-0.39, 0.29) is 24.4 Å². The Hall–Kier alpha value is -2.19. The number of hydrogen-bond acceptors (Lipinski definition) is 2. The molecule has 0 radical (unpaired) electrons. The van der Waals surface area contributed by atoms with Gasteiger partial charge in [0.25, 0.3) is 5.91 Å². The van der Waals surface area contributed by atoms with Gasteiger partial charge in [-0.25, -0.2) is 0 Å². The lowest BCUT2D eigenvalue weighted by molar-refractivity contribution is -0.117. The van der Waals surface area contributed by atoms with E-state index in [1.165, 1.54) is 0 Å². The second-order valence-corrected chi connectivity index (χ2v) is 8.58. The first-order valence-corrected chi connectivity index (χ1v) is 10.6. The second-order valence-electron chi connectivity index (χ2n) is 6.51. The van der Waals surface area contributed by atoms with Crippen molar-refractivity contribution in [3.63, 3.8) is 0 Å². The third kappa shape index (κ3) is 3.71. The van der Waals surface area contributed by atoms with Gasteiger partial charge in [-0.2, -0.15) is 0 Å². The van der Waals surface area contributed by atoms with Crippen molar-refractivity contribution in [1.82, 2.24) is 4.90 Å². The van der Waals surface area contributed by atoms with E-state index in [1.807, 2.05) is 66.7 Å². The highest BCUT2D eigenvalue weighted by Crippen LogP contribution is 2.38. The third-order valence-electron chi connectivity index (χ3n) is 4.69. The number of nitrogens with one attached hydrogen (secondary N) is 1. The average molecular weight is 547 g/mol. The van der Waals surface area contributed by atoms with Gasteiger partial charge in [-0.15, -0.1) is 0 Å². The summed E-state index contributed by atoms with van der Waals surface area (Å²) in [5.41, 5.74) is 3.15. The van der Waals surface area contributed by atoms with Gasteiger partial charge in [-0.1, -0.05) is 58.4 Å². The summed E-state index contributed by atoms with van der Waals surface area (Å²) in [7, 11) is 0. The van der Waals surface area contributed by atoms with Crippen molar-refractivity contribution in [3.8, 4) is 0 Å². The Labute approximate surface area is 185 Å². The van der Waals surface area contributed by atoms with Crippen LogP contribution in [0.15, 0.2) is 77.3 Å². The molecule has 140 valence electrons. The summed E-state index contributed by atoms with van der Waals surface area (Å²) in [5, 5.41) is 2.94. The lowest BCUT2D eigenvalue weighted by atomic mass is 9.95. The summed E-state index contributed by atoms with van der Waals surface area (Å²) in [4.78, 5) is 27.8. The number of carbonyl (C=O) groups excluding carboxylic acids is 2. The molecule has 1 N–H and O–H groups in total. The highest BCUT2D eigenvalue weighted by Gasteiger charge is 2.34. The van der Waals surface area contributed by atoms with Gasteiger partial charge in [-0.05, 0) is 58.5 Å². The van der Waals surface area contributed by atoms with Gasteiger partial charge < -0.3 is 10.2 Å². The normalized spacial score (nSPS) is 16.1. The Bertz CT molecular complexity index is 1060. The molecule has 3 aromatic carbocycles. The molecule has 0 spiro atoms. The summed E-state index contributed by atoms with van der Waals surface area (Å²) < 4.78 is 1.75. The molecule has 0 saturated heterocycles. The Balaban J connectivity index is 1.91. The summed E-state index contributed by atoms with van der Waals surface area (Å²) >= 11 is 5.69. The van der Waals surface area contributed by atoms with Crippen molar-refractivity contribution in [2.45, 2.75) is 6.04 Å². The number of fused-ring (bicyclic) bond motifs is 1. The third-order valence-corrected chi connectivity index (χ3v) is 6.12. The molecule has 28 heavy (non-hydrogen) atoms. The largest absolute Gasteiger partial charge is 0.324 e. The quantitative estimate of drug-likeness (QED) is 0.447. The summed E-state index contributed by atoms with van der Waals surface area (Å²) in [5.74, 6) is -0.372. The zero-order valence-electron chi connectivity index (χ0n) is 14.7. The van der Waals surface area contributed by atoms with Crippen LogP contribution in [0.2, 0.25) is 0 Å². The van der Waals surface area contributed by atoms with Crippen LogP contribution in [0.5, 0.6) is 0 Å². The molecular weight excluding hydrogens is 531 g/mol. The van der Waals surface area contributed by atoms with Gasteiger partial charge in [0.1, 0.15) is 6.54 Å². The first kappa shape index (κ1) is 19.1. The van der Waals surface area contributed by atoms with E-state index >= 15 is 0 Å². The predicted octanol–water partition coefficient (Wildman–Crippen LogP) is 5.24. The fourth-order valence-corrected chi connectivity index (χ4v) is 4.45. The molecule has 0 bridgehead atoms. The fraction of sp³-hybridized carbons (Fsp3) is 0.0909. The van der Waals surface area contributed by atoms with Crippen LogP contribution in [-0.4, -0.2) is 23.3 Å². The number of hydrogen-bond donors (Lipinski definition) is 1. The predicted molar refractivity (Wildman–Crippen MR) is 121 cm³/mol. The molecule has 6 heteroatoms. The summed E-state index contributed by atoms with van der Waals surface area (Å²) in [6, 6.07) is 22.6. The maximum absolute atomic E-state index is 13.5. The monoisotopic (exact) mass is 546 g/mol. The number of benzene rings is 3. The van der Waals surface area contributed by atoms with Crippen LogP contribution in [0.4, 0.5) is 5.69 Å². The second kappa shape index (κ2) is 8.05. The van der Waals surface area contributed by atoms with Crippen LogP contribution in [0.3, 0.4) is 0 Å². The Morgan fingerprint density at radius 1 is 1.04 bits per heavy atom. The standard InChI is InChI=1S/C22H16BrIN2O2/c23-15-10-11-19-17(12-15)21(14-6-2-1-3-7-14)26(13-20(27)25-19)22(28)16-8-4-5-9-18(16)24/h1-12,21H,13H2,(H,25,27). The SMILES string of the molecule is O=C1CN(C(=O)c2ccccc2I)C(c2ccccc2)c2cc(Br)ccc2N1. The van der Waals surface area contributed by atoms with Crippen LogP contribution in [-0.2, 0) is 4.79 Å². The zero-order valence-corrected chi connectivity index (χ0v) is 18.5. The molecule has 1 aliphatic heterocycles. The molecule has 0 saturated carbocycles. The first-order chi connectivity index (χ1) is 13.5. The molecule has 0 aliphatic carbocycles. The molecule has 4 nitrogen and oxygen atoms in total. The summed E-state index contributed by atoms with van der Waals surface area (Å²) in [6.07, 6.45) is 0. The van der Waals surface area contributed by atoms with Crippen LogP contribution in [0.1, 0.15) is 27.5 Å². The minimum absolute atomic E-state index is 0.0182. The van der Waals surface area contributed by atoms with Crippen molar-refractivity contribution >= 4 is 56.0 Å². The van der Waals surface area contributed by atoms with Crippen LogP contribution >= 0.6 is 38.5 Å². The van der Waals surface area contributed by atoms with E-state index in [0.29, 0.717) is 5.56 Å². The van der Waals surface area contributed by atoms with Crippen molar-refractivity contribution in [1.29, 1.82) is 0 Å². The minimum Gasteiger partial charge on any atom is -0.324 e. The lowest BCUT2D eigenvalue weighted by Crippen LogP contribution is -2.39. The first-order valence-electron chi connectivity index (χ1n) is 8.74. The molecular formula is C22H16BrIN2O2. The Kier molecular flexibility index (Phi) is 5.50. The Morgan fingerprint density at radius 3 is 2.50 bits per heavy atom. The van der Waals surface area contributed by atoms with Crippen molar-refractivity contribution in [3.05, 3.63) is 97.5 Å². The maximum Gasteiger partial charge on any atom is 0.256 e. The van der Waals surface area contributed by atoms with Gasteiger partial charge in [-0.3, -0.25) is 9.59 Å². The highest BCUT2D eigenvalue weighted by atomic mass is 127. The molecule has 1 atom stereocenters. The molecule has 4 rings (SSSR count). The van der Waals surface area contributed by atoms with Gasteiger partial charge in [0.15, 0.2) is 0 Å².